The van der Waals surface area contributed by atoms with Crippen molar-refractivity contribution in [3.63, 3.8) is 0 Å². The van der Waals surface area contributed by atoms with Crippen molar-refractivity contribution < 1.29 is 14.3 Å². The molecule has 0 radical (unpaired) electrons. The van der Waals surface area contributed by atoms with Crippen LogP contribution in [-0.4, -0.2) is 19.7 Å². The molecule has 0 atom stereocenters. The highest BCUT2D eigenvalue weighted by atomic mass is 16.5. The van der Waals surface area contributed by atoms with E-state index in [0.717, 1.165) is 16.9 Å². The van der Waals surface area contributed by atoms with Gasteiger partial charge in [-0.3, -0.25) is 0 Å². The van der Waals surface area contributed by atoms with Gasteiger partial charge in [-0.2, -0.15) is 0 Å². The zero-order chi connectivity index (χ0) is 10.7. The molecule has 1 saturated heterocycles. The summed E-state index contributed by atoms with van der Waals surface area (Å²) in [4.78, 5) is 11.2. The summed E-state index contributed by atoms with van der Waals surface area (Å²) in [6.07, 6.45) is 2.54. The summed E-state index contributed by atoms with van der Waals surface area (Å²) in [6, 6.07) is 7.58. The number of cyclic esters (lactones) is 1. The smallest absolute Gasteiger partial charge is 0.334 e. The monoisotopic (exact) mass is 204 g/mol. The number of ether oxygens (including phenoxy) is 2. The molecule has 1 aromatic carbocycles. The standard InChI is InChI=1S/C12H12O3/c1-14-11-4-2-3-9(8-11)7-10-5-6-15-12(10)13/h2-4,7-8H,5-6H2,1H3. The minimum Gasteiger partial charge on any atom is -0.497 e. The van der Waals surface area contributed by atoms with Crippen LogP contribution >= 0.6 is 0 Å². The van der Waals surface area contributed by atoms with Crippen molar-refractivity contribution in [1.29, 1.82) is 0 Å². The van der Waals surface area contributed by atoms with Crippen molar-refractivity contribution >= 4 is 12.0 Å². The molecule has 0 aromatic heterocycles. The average molecular weight is 204 g/mol. The second-order valence-electron chi connectivity index (χ2n) is 3.33. The quantitative estimate of drug-likeness (QED) is 0.546. The largest absolute Gasteiger partial charge is 0.497 e. The van der Waals surface area contributed by atoms with E-state index >= 15 is 0 Å². The molecule has 0 bridgehead atoms. The van der Waals surface area contributed by atoms with E-state index in [0.29, 0.717) is 13.0 Å². The van der Waals surface area contributed by atoms with Gasteiger partial charge in [0.1, 0.15) is 5.75 Å². The van der Waals surface area contributed by atoms with Crippen molar-refractivity contribution in [2.75, 3.05) is 13.7 Å². The number of hydrogen-bond donors (Lipinski definition) is 0. The number of carbonyl (C=O) groups excluding carboxylic acids is 1. The van der Waals surface area contributed by atoms with Crippen LogP contribution in [0.3, 0.4) is 0 Å². The molecular formula is C12H12O3. The van der Waals surface area contributed by atoms with Crippen LogP contribution in [-0.2, 0) is 9.53 Å². The van der Waals surface area contributed by atoms with E-state index in [1.54, 1.807) is 7.11 Å². The SMILES string of the molecule is COc1cccc(C=C2CCOC2=O)c1. The maximum atomic E-state index is 11.2. The van der Waals surface area contributed by atoms with E-state index in [1.165, 1.54) is 0 Å². The molecular weight excluding hydrogens is 192 g/mol. The minimum absolute atomic E-state index is 0.210. The van der Waals surface area contributed by atoms with Crippen LogP contribution in [0.4, 0.5) is 0 Å². The van der Waals surface area contributed by atoms with Crippen molar-refractivity contribution in [2.45, 2.75) is 6.42 Å². The summed E-state index contributed by atoms with van der Waals surface area (Å²) in [5, 5.41) is 0. The highest BCUT2D eigenvalue weighted by molar-refractivity contribution is 5.95. The molecule has 1 aromatic rings. The fourth-order valence-electron chi connectivity index (χ4n) is 1.51. The number of methoxy groups -OCH3 is 1. The Kier molecular flexibility index (Phi) is 2.72. The van der Waals surface area contributed by atoms with Gasteiger partial charge in [0, 0.05) is 12.0 Å². The van der Waals surface area contributed by atoms with Gasteiger partial charge in [0.05, 0.1) is 13.7 Å². The number of benzene rings is 1. The molecule has 1 aliphatic heterocycles. The molecule has 0 saturated carbocycles. The van der Waals surface area contributed by atoms with E-state index < -0.39 is 0 Å². The van der Waals surface area contributed by atoms with Gasteiger partial charge in [0.25, 0.3) is 0 Å². The fraction of sp³-hybridized carbons (Fsp3) is 0.250. The molecule has 3 nitrogen and oxygen atoms in total. The van der Waals surface area contributed by atoms with Crippen molar-refractivity contribution in [1.82, 2.24) is 0 Å². The van der Waals surface area contributed by atoms with Crippen molar-refractivity contribution in [2.24, 2.45) is 0 Å². The van der Waals surface area contributed by atoms with Gasteiger partial charge in [-0.25, -0.2) is 4.79 Å². The number of esters is 1. The Morgan fingerprint density at radius 1 is 1.47 bits per heavy atom. The topological polar surface area (TPSA) is 35.5 Å². The maximum absolute atomic E-state index is 11.2. The van der Waals surface area contributed by atoms with Gasteiger partial charge in [0.15, 0.2) is 0 Å². The summed E-state index contributed by atoms with van der Waals surface area (Å²) >= 11 is 0. The summed E-state index contributed by atoms with van der Waals surface area (Å²) in [6.45, 7) is 0.495. The van der Waals surface area contributed by atoms with E-state index in [9.17, 15) is 4.79 Å². The van der Waals surface area contributed by atoms with Crippen molar-refractivity contribution in [3.8, 4) is 5.75 Å². The maximum Gasteiger partial charge on any atom is 0.334 e. The molecule has 0 amide bonds. The molecule has 0 aliphatic carbocycles. The van der Waals surface area contributed by atoms with Gasteiger partial charge < -0.3 is 9.47 Å². The predicted molar refractivity (Wildman–Crippen MR) is 56.5 cm³/mol. The average Bonchev–Trinajstić information content (AvgIpc) is 2.65. The summed E-state index contributed by atoms with van der Waals surface area (Å²) in [5.74, 6) is 0.577. The highest BCUT2D eigenvalue weighted by Gasteiger charge is 2.18. The second kappa shape index (κ2) is 4.17. The molecule has 3 heteroatoms. The third-order valence-electron chi connectivity index (χ3n) is 2.30. The predicted octanol–water partition coefficient (Wildman–Crippen LogP) is 2.03. The Hall–Kier alpha value is -1.77. The lowest BCUT2D eigenvalue weighted by Crippen LogP contribution is -1.94. The fourth-order valence-corrected chi connectivity index (χ4v) is 1.51. The van der Waals surface area contributed by atoms with Gasteiger partial charge in [-0.1, -0.05) is 12.1 Å². The van der Waals surface area contributed by atoms with Crippen LogP contribution in [0.2, 0.25) is 0 Å². The van der Waals surface area contributed by atoms with Crippen LogP contribution in [0.15, 0.2) is 29.8 Å². The number of rotatable bonds is 2. The third kappa shape index (κ3) is 2.18. The van der Waals surface area contributed by atoms with E-state index in [2.05, 4.69) is 0 Å². The molecule has 15 heavy (non-hydrogen) atoms. The Balaban J connectivity index is 2.26. The Morgan fingerprint density at radius 3 is 3.00 bits per heavy atom. The minimum atomic E-state index is -0.210. The first-order valence-electron chi connectivity index (χ1n) is 4.81. The summed E-state index contributed by atoms with van der Waals surface area (Å²) < 4.78 is 9.96. The van der Waals surface area contributed by atoms with E-state index in [-0.39, 0.29) is 5.97 Å². The Labute approximate surface area is 88.3 Å². The van der Waals surface area contributed by atoms with Crippen LogP contribution in [0.5, 0.6) is 5.75 Å². The zero-order valence-electron chi connectivity index (χ0n) is 8.53. The van der Waals surface area contributed by atoms with Gasteiger partial charge in [-0.05, 0) is 23.8 Å². The number of hydrogen-bond acceptors (Lipinski definition) is 3. The summed E-state index contributed by atoms with van der Waals surface area (Å²) in [7, 11) is 1.62. The third-order valence-corrected chi connectivity index (χ3v) is 2.30. The summed E-state index contributed by atoms with van der Waals surface area (Å²) in [5.41, 5.74) is 1.69. The number of carbonyl (C=O) groups is 1. The molecule has 78 valence electrons. The molecule has 2 rings (SSSR count). The van der Waals surface area contributed by atoms with Gasteiger partial charge in [0.2, 0.25) is 0 Å². The molecule has 0 N–H and O–H groups in total. The second-order valence-corrected chi connectivity index (χ2v) is 3.33. The van der Waals surface area contributed by atoms with Gasteiger partial charge in [-0.15, -0.1) is 0 Å². The molecule has 1 aliphatic rings. The molecule has 1 heterocycles. The van der Waals surface area contributed by atoms with Crippen molar-refractivity contribution in [3.05, 3.63) is 35.4 Å². The first-order valence-corrected chi connectivity index (χ1v) is 4.81. The van der Waals surface area contributed by atoms with Crippen LogP contribution in [0, 0.1) is 0 Å². The normalized spacial score (nSPS) is 17.9. The first kappa shape index (κ1) is 9.77. The lowest BCUT2D eigenvalue weighted by atomic mass is 10.1. The molecule has 0 unspecified atom stereocenters. The van der Waals surface area contributed by atoms with E-state index in [1.807, 2.05) is 30.3 Å². The lowest BCUT2D eigenvalue weighted by Gasteiger charge is -2.00. The lowest BCUT2D eigenvalue weighted by molar-refractivity contribution is -0.134. The van der Waals surface area contributed by atoms with Crippen LogP contribution in [0.25, 0.3) is 6.08 Å². The van der Waals surface area contributed by atoms with Crippen LogP contribution < -0.4 is 4.74 Å². The highest BCUT2D eigenvalue weighted by Crippen LogP contribution is 2.19. The Morgan fingerprint density at radius 2 is 2.33 bits per heavy atom. The Bertz CT molecular complexity index is 407. The molecule has 1 fully saturated rings. The first-order chi connectivity index (χ1) is 7.29. The van der Waals surface area contributed by atoms with E-state index in [4.69, 9.17) is 9.47 Å². The molecule has 0 spiro atoms. The van der Waals surface area contributed by atoms with Crippen LogP contribution in [0.1, 0.15) is 12.0 Å². The zero-order valence-corrected chi connectivity index (χ0v) is 8.53. The van der Waals surface area contributed by atoms with Gasteiger partial charge >= 0.3 is 5.97 Å².